The average Bonchev–Trinajstić information content (AvgIpc) is 2.91. The van der Waals surface area contributed by atoms with Gasteiger partial charge in [-0.25, -0.2) is 10.2 Å². The highest BCUT2D eigenvalue weighted by atomic mass is 19.1. The Morgan fingerprint density at radius 3 is 2.86 bits per heavy atom. The number of nitriles is 1. The molecule has 6 N–H and O–H groups in total. The lowest BCUT2D eigenvalue weighted by Crippen LogP contribution is -2.37. The van der Waals surface area contributed by atoms with Gasteiger partial charge in [0.2, 0.25) is 0 Å². The van der Waals surface area contributed by atoms with Gasteiger partial charge < -0.3 is 11.6 Å². The average molecular weight is 302 g/mol. The van der Waals surface area contributed by atoms with E-state index in [9.17, 15) is 4.39 Å². The highest BCUT2D eigenvalue weighted by Crippen LogP contribution is 2.28. The van der Waals surface area contributed by atoms with Crippen LogP contribution in [0.2, 0.25) is 0 Å². The van der Waals surface area contributed by atoms with Crippen molar-refractivity contribution in [2.24, 2.45) is 16.8 Å². The Morgan fingerprint density at radius 2 is 2.27 bits per heavy atom. The highest BCUT2D eigenvalue weighted by molar-refractivity contribution is 5.81. The van der Waals surface area contributed by atoms with Crippen molar-refractivity contribution in [3.05, 3.63) is 35.9 Å². The molecule has 8 nitrogen and oxygen atoms in total. The number of halogens is 1. The second-order valence-electron chi connectivity index (χ2n) is 4.62. The largest absolute Gasteiger partial charge is 0.399 e. The number of hydrazine groups is 1. The summed E-state index contributed by atoms with van der Waals surface area (Å²) in [6.45, 7) is 0.210. The molecule has 2 aromatic rings. The topological polar surface area (TPSA) is 135 Å². The van der Waals surface area contributed by atoms with E-state index in [1.807, 2.05) is 6.07 Å². The molecule has 0 spiro atoms. The number of hydrazone groups is 1. The van der Waals surface area contributed by atoms with E-state index in [2.05, 4.69) is 10.2 Å². The number of rotatable bonds is 3. The minimum absolute atomic E-state index is 0.140. The van der Waals surface area contributed by atoms with Gasteiger partial charge in [-0.1, -0.05) is 0 Å². The quantitative estimate of drug-likeness (QED) is 0.244. The first-order chi connectivity index (χ1) is 10.5. The molecule has 1 heterocycles. The summed E-state index contributed by atoms with van der Waals surface area (Å²) in [4.78, 5) is 0. The molecule has 1 aromatic heterocycles. The zero-order valence-corrected chi connectivity index (χ0v) is 11.9. The minimum Gasteiger partial charge on any atom is -0.399 e. The van der Waals surface area contributed by atoms with Crippen LogP contribution in [-0.4, -0.2) is 27.7 Å². The third-order valence-corrected chi connectivity index (χ3v) is 3.01. The maximum absolute atomic E-state index is 14.1. The molecule has 0 aliphatic heterocycles. The zero-order chi connectivity index (χ0) is 16.3. The van der Waals surface area contributed by atoms with Gasteiger partial charge in [0.1, 0.15) is 12.4 Å². The number of hydrogen-bond donors (Lipinski definition) is 3. The molecule has 0 atom stereocenters. The van der Waals surface area contributed by atoms with Crippen LogP contribution in [0.5, 0.6) is 0 Å². The van der Waals surface area contributed by atoms with E-state index < -0.39 is 5.82 Å². The number of likely N-dealkylation sites (N-methyl/N-ethyl adjacent to an activating group) is 1. The first kappa shape index (κ1) is 15.3. The third kappa shape index (κ3) is 2.97. The summed E-state index contributed by atoms with van der Waals surface area (Å²) in [5.41, 5.74) is 6.47. The van der Waals surface area contributed by atoms with Gasteiger partial charge in [-0.05, 0) is 12.1 Å². The molecule has 0 radical (unpaired) electrons. The normalized spacial score (nSPS) is 11.3. The molecule has 0 bridgehead atoms. The van der Waals surface area contributed by atoms with Crippen molar-refractivity contribution in [1.82, 2.24) is 14.8 Å². The number of anilines is 1. The van der Waals surface area contributed by atoms with Gasteiger partial charge in [0, 0.05) is 30.1 Å². The second-order valence-corrected chi connectivity index (χ2v) is 4.62. The maximum atomic E-state index is 14.1. The van der Waals surface area contributed by atoms with Gasteiger partial charge in [-0.15, -0.1) is 0 Å². The van der Waals surface area contributed by atoms with Crippen molar-refractivity contribution in [3.63, 3.8) is 0 Å². The van der Waals surface area contributed by atoms with Gasteiger partial charge in [-0.2, -0.15) is 15.5 Å². The first-order valence-corrected chi connectivity index (χ1v) is 6.23. The molecule has 0 amide bonds. The molecule has 0 saturated carbocycles. The van der Waals surface area contributed by atoms with Gasteiger partial charge in [0.15, 0.2) is 5.84 Å². The summed E-state index contributed by atoms with van der Waals surface area (Å²) in [6, 6.07) is 4.50. The number of nitrogens with two attached hydrogens (primary N) is 3. The summed E-state index contributed by atoms with van der Waals surface area (Å²) in [5.74, 6) is 10.6. The lowest BCUT2D eigenvalue weighted by Gasteiger charge is -2.13. The zero-order valence-electron chi connectivity index (χ0n) is 11.9. The van der Waals surface area contributed by atoms with Crippen LogP contribution in [0.4, 0.5) is 10.1 Å². The summed E-state index contributed by atoms with van der Waals surface area (Å²) < 4.78 is 15.6. The molecule has 0 unspecified atom stereocenters. The van der Waals surface area contributed by atoms with Crippen molar-refractivity contribution in [2.75, 3.05) is 12.8 Å². The molecule has 114 valence electrons. The van der Waals surface area contributed by atoms with E-state index in [1.54, 1.807) is 13.2 Å². The predicted octanol–water partition coefficient (Wildman–Crippen LogP) is 0.221. The van der Waals surface area contributed by atoms with E-state index in [-0.39, 0.29) is 23.4 Å². The summed E-state index contributed by atoms with van der Waals surface area (Å²) >= 11 is 0. The van der Waals surface area contributed by atoms with Crippen LogP contribution in [-0.2, 0) is 6.54 Å². The summed E-state index contributed by atoms with van der Waals surface area (Å²) in [6.07, 6.45) is 3.02. The fourth-order valence-electron chi connectivity index (χ4n) is 1.98. The van der Waals surface area contributed by atoms with Crippen molar-refractivity contribution in [3.8, 4) is 17.2 Å². The lowest BCUT2D eigenvalue weighted by atomic mass is 10.0. The van der Waals surface area contributed by atoms with E-state index in [4.69, 9.17) is 22.7 Å². The second kappa shape index (κ2) is 6.11. The highest BCUT2D eigenvalue weighted by Gasteiger charge is 2.15. The summed E-state index contributed by atoms with van der Waals surface area (Å²) in [7, 11) is 1.59. The van der Waals surface area contributed by atoms with E-state index in [1.165, 1.54) is 22.0 Å². The third-order valence-electron chi connectivity index (χ3n) is 3.01. The number of amidine groups is 1. The molecule has 2 rings (SSSR count). The van der Waals surface area contributed by atoms with Crippen LogP contribution in [0.3, 0.4) is 0 Å². The lowest BCUT2D eigenvalue weighted by molar-refractivity contribution is 0.505. The smallest absolute Gasteiger partial charge is 0.160 e. The van der Waals surface area contributed by atoms with E-state index >= 15 is 0 Å². The predicted molar refractivity (Wildman–Crippen MR) is 80.3 cm³/mol. The van der Waals surface area contributed by atoms with Crippen molar-refractivity contribution in [1.29, 1.82) is 5.26 Å². The first-order valence-electron chi connectivity index (χ1n) is 6.23. The Balaban J connectivity index is 2.39. The van der Waals surface area contributed by atoms with Crippen LogP contribution in [0.25, 0.3) is 11.1 Å². The molecule has 0 fully saturated rings. The Labute approximate surface area is 126 Å². The van der Waals surface area contributed by atoms with Crippen LogP contribution < -0.4 is 17.4 Å². The Hall–Kier alpha value is -3.12. The molecule has 0 saturated heterocycles. The van der Waals surface area contributed by atoms with Crippen LogP contribution >= 0.6 is 0 Å². The molecule has 9 heteroatoms. The van der Waals surface area contributed by atoms with Crippen molar-refractivity contribution in [2.45, 2.75) is 6.54 Å². The standard InChI is InChI=1S/C13H15FN8/c1-21(18)12(20-17)7-22-6-9(5-19-22)13-8(4-15)2-10(16)3-11(13)14/h2-3,5-6H,7,16-18H2,1H3/b20-12-. The molecular weight excluding hydrogens is 287 g/mol. The van der Waals surface area contributed by atoms with Crippen LogP contribution in [0.1, 0.15) is 5.56 Å². The Bertz CT molecular complexity index is 756. The Kier molecular flexibility index (Phi) is 4.24. The fraction of sp³-hybridized carbons (Fsp3) is 0.154. The van der Waals surface area contributed by atoms with E-state index in [0.717, 1.165) is 6.07 Å². The van der Waals surface area contributed by atoms with Gasteiger partial charge in [0.25, 0.3) is 0 Å². The summed E-state index contributed by atoms with van der Waals surface area (Å²) in [5, 5.41) is 18.0. The molecule has 1 aromatic carbocycles. The molecule has 0 aliphatic carbocycles. The number of nitrogens with zero attached hydrogens (tertiary/aromatic N) is 5. The van der Waals surface area contributed by atoms with Crippen LogP contribution in [0.15, 0.2) is 29.6 Å². The van der Waals surface area contributed by atoms with Crippen LogP contribution in [0, 0.1) is 17.1 Å². The fourth-order valence-corrected chi connectivity index (χ4v) is 1.98. The van der Waals surface area contributed by atoms with Gasteiger partial charge >= 0.3 is 0 Å². The number of benzene rings is 1. The monoisotopic (exact) mass is 302 g/mol. The van der Waals surface area contributed by atoms with E-state index in [0.29, 0.717) is 11.4 Å². The SMILES string of the molecule is CN(N)/C(Cn1cc(-c2c(F)cc(N)cc2C#N)cn1)=N\N. The Morgan fingerprint density at radius 1 is 1.55 bits per heavy atom. The molecule has 22 heavy (non-hydrogen) atoms. The van der Waals surface area contributed by atoms with Gasteiger partial charge in [-0.3, -0.25) is 9.69 Å². The number of hydrogen-bond acceptors (Lipinski definition) is 6. The van der Waals surface area contributed by atoms with Gasteiger partial charge in [0.05, 0.1) is 17.8 Å². The minimum atomic E-state index is -0.584. The van der Waals surface area contributed by atoms with Crippen molar-refractivity contribution < 1.29 is 4.39 Å². The maximum Gasteiger partial charge on any atom is 0.160 e. The molecule has 0 aliphatic rings. The number of aromatic nitrogens is 2. The van der Waals surface area contributed by atoms with Crippen molar-refractivity contribution >= 4 is 11.5 Å². The molecular formula is C13H15FN8. The number of nitrogen functional groups attached to an aromatic ring is 1.